The highest BCUT2D eigenvalue weighted by molar-refractivity contribution is 7.99. The largest absolute Gasteiger partial charge is 0.433 e. The summed E-state index contributed by atoms with van der Waals surface area (Å²) in [5.41, 5.74) is 0.537. The van der Waals surface area contributed by atoms with Gasteiger partial charge in [-0.1, -0.05) is 47.7 Å². The molecular weight excluding hydrogens is 461 g/mol. The van der Waals surface area contributed by atoms with Gasteiger partial charge < -0.3 is 4.98 Å². The van der Waals surface area contributed by atoms with Crippen LogP contribution < -0.4 is 5.56 Å². The molecular formula is C21H17F3N4O2S2. The first-order valence-electron chi connectivity index (χ1n) is 9.52. The highest BCUT2D eigenvalue weighted by Crippen LogP contribution is 2.35. The summed E-state index contributed by atoms with van der Waals surface area (Å²) in [6.45, 7) is 1.97. The maximum Gasteiger partial charge on any atom is 0.433 e. The van der Waals surface area contributed by atoms with Crippen molar-refractivity contribution in [3.05, 3.63) is 79.9 Å². The van der Waals surface area contributed by atoms with Crippen LogP contribution >= 0.6 is 23.1 Å². The fourth-order valence-electron chi connectivity index (χ4n) is 3.23. The lowest BCUT2D eigenvalue weighted by Crippen LogP contribution is -2.28. The van der Waals surface area contributed by atoms with E-state index in [-0.39, 0.29) is 17.0 Å². The summed E-state index contributed by atoms with van der Waals surface area (Å²) < 4.78 is 38.8. The first-order valence-corrected chi connectivity index (χ1v) is 11.4. The molecule has 0 saturated carbocycles. The van der Waals surface area contributed by atoms with Gasteiger partial charge in [-0.05, 0) is 23.9 Å². The number of nitrogens with one attached hydrogen (secondary N) is 1. The summed E-state index contributed by atoms with van der Waals surface area (Å²) in [6, 6.07) is 11.7. The maximum atomic E-state index is 13.0. The molecule has 0 spiro atoms. The molecule has 0 unspecified atom stereocenters. The number of rotatable bonds is 5. The number of thioether (sulfide) groups is 1. The molecule has 1 atom stereocenters. The summed E-state index contributed by atoms with van der Waals surface area (Å²) in [5.74, 6) is -0.624. The van der Waals surface area contributed by atoms with Crippen LogP contribution in [-0.4, -0.2) is 32.3 Å². The lowest BCUT2D eigenvalue weighted by molar-refractivity contribution is -0.141. The standard InChI is InChI=1S/C21H17F3N4O2S2/c1-12-4-6-13(7-5-12)15-9-14(16-3-2-8-31-16)27-28(15)19(30)11-32-20-25-17(21(22,23)24)10-18(29)26-20/h2-8,10,15H,9,11H2,1H3,(H,25,26,29)/t15-/m1/s1. The Kier molecular flexibility index (Phi) is 6.20. The van der Waals surface area contributed by atoms with Crippen LogP contribution in [0.3, 0.4) is 0 Å². The number of carbonyl (C=O) groups is 1. The third-order valence-corrected chi connectivity index (χ3v) is 6.55. The highest BCUT2D eigenvalue weighted by Gasteiger charge is 2.35. The minimum atomic E-state index is -4.75. The Morgan fingerprint density at radius 2 is 2.03 bits per heavy atom. The molecule has 1 amide bonds. The van der Waals surface area contributed by atoms with Crippen LogP contribution in [0.25, 0.3) is 0 Å². The number of benzene rings is 1. The van der Waals surface area contributed by atoms with E-state index < -0.39 is 23.3 Å². The number of halogens is 3. The molecule has 166 valence electrons. The number of carbonyl (C=O) groups excluding carboxylic acids is 1. The van der Waals surface area contributed by atoms with Gasteiger partial charge in [0.1, 0.15) is 0 Å². The summed E-state index contributed by atoms with van der Waals surface area (Å²) >= 11 is 2.25. The Hall–Kier alpha value is -2.92. The Bertz CT molecular complexity index is 1210. The average Bonchev–Trinajstić information content (AvgIpc) is 3.41. The van der Waals surface area contributed by atoms with Gasteiger partial charge in [0.2, 0.25) is 0 Å². The second-order valence-corrected chi connectivity index (χ2v) is 9.03. The van der Waals surface area contributed by atoms with Gasteiger partial charge >= 0.3 is 6.18 Å². The van der Waals surface area contributed by atoms with E-state index in [4.69, 9.17) is 0 Å². The molecule has 1 N–H and O–H groups in total. The van der Waals surface area contributed by atoms with Gasteiger partial charge in [0.15, 0.2) is 10.9 Å². The zero-order valence-corrected chi connectivity index (χ0v) is 18.4. The number of aromatic amines is 1. The van der Waals surface area contributed by atoms with Crippen molar-refractivity contribution in [2.24, 2.45) is 5.10 Å². The summed E-state index contributed by atoms with van der Waals surface area (Å²) in [5, 5.41) is 7.55. The number of amides is 1. The van der Waals surface area contributed by atoms with Crippen molar-refractivity contribution in [3.63, 3.8) is 0 Å². The SMILES string of the molecule is Cc1ccc([C@H]2CC(c3cccs3)=NN2C(=O)CSc2nc(C(F)(F)F)cc(=O)[nH]2)cc1. The van der Waals surface area contributed by atoms with Crippen LogP contribution in [0.2, 0.25) is 0 Å². The fourth-order valence-corrected chi connectivity index (χ4v) is 4.67. The number of aromatic nitrogens is 2. The van der Waals surface area contributed by atoms with Crippen LogP contribution in [0, 0.1) is 6.92 Å². The minimum Gasteiger partial charge on any atom is -0.301 e. The Labute approximate surface area is 189 Å². The predicted molar refractivity (Wildman–Crippen MR) is 117 cm³/mol. The van der Waals surface area contributed by atoms with Crippen molar-refractivity contribution in [2.75, 3.05) is 5.75 Å². The molecule has 6 nitrogen and oxygen atoms in total. The number of thiophene rings is 1. The molecule has 2 aromatic heterocycles. The fraction of sp³-hybridized carbons (Fsp3) is 0.238. The number of hydrazone groups is 1. The van der Waals surface area contributed by atoms with Crippen LogP contribution in [-0.2, 0) is 11.0 Å². The van der Waals surface area contributed by atoms with E-state index in [1.54, 1.807) is 0 Å². The second kappa shape index (κ2) is 8.91. The number of hydrogen-bond donors (Lipinski definition) is 1. The van der Waals surface area contributed by atoms with E-state index in [1.165, 1.54) is 16.3 Å². The van der Waals surface area contributed by atoms with Gasteiger partial charge in [-0.2, -0.15) is 18.3 Å². The molecule has 0 bridgehead atoms. The molecule has 0 aliphatic carbocycles. The van der Waals surface area contributed by atoms with Crippen LogP contribution in [0.4, 0.5) is 13.2 Å². The average molecular weight is 479 g/mol. The lowest BCUT2D eigenvalue weighted by atomic mass is 10.00. The summed E-state index contributed by atoms with van der Waals surface area (Å²) in [4.78, 5) is 31.2. The quantitative estimate of drug-likeness (QED) is 0.429. The van der Waals surface area contributed by atoms with E-state index >= 15 is 0 Å². The molecule has 3 aromatic rings. The van der Waals surface area contributed by atoms with Crippen molar-refractivity contribution >= 4 is 34.7 Å². The van der Waals surface area contributed by atoms with Crippen molar-refractivity contribution in [2.45, 2.75) is 30.7 Å². The molecule has 0 saturated heterocycles. The van der Waals surface area contributed by atoms with E-state index in [1.807, 2.05) is 48.7 Å². The smallest absolute Gasteiger partial charge is 0.301 e. The van der Waals surface area contributed by atoms with E-state index in [9.17, 15) is 22.8 Å². The van der Waals surface area contributed by atoms with Crippen LogP contribution in [0.15, 0.2) is 62.9 Å². The monoisotopic (exact) mass is 478 g/mol. The lowest BCUT2D eigenvalue weighted by Gasteiger charge is -2.22. The molecule has 0 radical (unpaired) electrons. The maximum absolute atomic E-state index is 13.0. The Morgan fingerprint density at radius 1 is 1.28 bits per heavy atom. The number of hydrogen-bond acceptors (Lipinski definition) is 6. The number of H-pyrrole nitrogens is 1. The van der Waals surface area contributed by atoms with Crippen molar-refractivity contribution < 1.29 is 18.0 Å². The Balaban J connectivity index is 1.56. The second-order valence-electron chi connectivity index (χ2n) is 7.12. The number of nitrogens with zero attached hydrogens (tertiary/aromatic N) is 3. The molecule has 1 aliphatic heterocycles. The molecule has 1 aliphatic rings. The molecule has 11 heteroatoms. The zero-order chi connectivity index (χ0) is 22.9. The summed E-state index contributed by atoms with van der Waals surface area (Å²) in [7, 11) is 0. The van der Waals surface area contributed by atoms with Gasteiger partial charge in [-0.3, -0.25) is 9.59 Å². The molecule has 1 aromatic carbocycles. The number of alkyl halides is 3. The normalized spacial score (nSPS) is 16.3. The molecule has 4 rings (SSSR count). The van der Waals surface area contributed by atoms with Crippen molar-refractivity contribution in [1.29, 1.82) is 0 Å². The zero-order valence-electron chi connectivity index (χ0n) is 16.7. The molecule has 0 fully saturated rings. The third kappa shape index (κ3) is 4.94. The van der Waals surface area contributed by atoms with Crippen LogP contribution in [0.1, 0.15) is 34.2 Å². The van der Waals surface area contributed by atoms with Crippen molar-refractivity contribution in [3.8, 4) is 0 Å². The van der Waals surface area contributed by atoms with Gasteiger partial charge in [-0.15, -0.1) is 11.3 Å². The van der Waals surface area contributed by atoms with Gasteiger partial charge in [0.25, 0.3) is 11.5 Å². The summed E-state index contributed by atoms with van der Waals surface area (Å²) in [6.07, 6.45) is -4.22. The number of aryl methyl sites for hydroxylation is 1. The van der Waals surface area contributed by atoms with Crippen LogP contribution in [0.5, 0.6) is 0 Å². The third-order valence-electron chi connectivity index (χ3n) is 4.78. The first kappa shape index (κ1) is 22.3. The Morgan fingerprint density at radius 3 is 2.69 bits per heavy atom. The molecule has 32 heavy (non-hydrogen) atoms. The highest BCUT2D eigenvalue weighted by atomic mass is 32.2. The van der Waals surface area contributed by atoms with E-state index in [0.717, 1.165) is 33.5 Å². The van der Waals surface area contributed by atoms with Gasteiger partial charge in [-0.25, -0.2) is 9.99 Å². The van der Waals surface area contributed by atoms with E-state index in [0.29, 0.717) is 12.5 Å². The van der Waals surface area contributed by atoms with Gasteiger partial charge in [0.05, 0.1) is 22.4 Å². The van der Waals surface area contributed by atoms with E-state index in [2.05, 4.69) is 15.1 Å². The topological polar surface area (TPSA) is 78.4 Å². The molecule has 3 heterocycles. The first-order chi connectivity index (χ1) is 15.2. The predicted octanol–water partition coefficient (Wildman–Crippen LogP) is 4.63. The van der Waals surface area contributed by atoms with Gasteiger partial charge in [0, 0.05) is 12.5 Å². The minimum absolute atomic E-state index is 0.228. The van der Waals surface area contributed by atoms with Crippen molar-refractivity contribution in [1.82, 2.24) is 15.0 Å².